The summed E-state index contributed by atoms with van der Waals surface area (Å²) in [5.74, 6) is 1.72. The van der Waals surface area contributed by atoms with Crippen LogP contribution in [0, 0.1) is 6.92 Å². The maximum absolute atomic E-state index is 13.2. The third-order valence-corrected chi connectivity index (χ3v) is 7.04. The minimum atomic E-state index is 0.0846. The molecule has 7 nitrogen and oxygen atoms in total. The normalized spacial score (nSPS) is 14.0. The van der Waals surface area contributed by atoms with Crippen molar-refractivity contribution in [2.45, 2.75) is 19.8 Å². The van der Waals surface area contributed by atoms with Gasteiger partial charge in [0.25, 0.3) is 5.91 Å². The fraction of sp³-hybridized carbons (Fsp3) is 0.226. The highest BCUT2D eigenvalue weighted by Crippen LogP contribution is 2.27. The molecule has 0 aliphatic carbocycles. The zero-order valence-electron chi connectivity index (χ0n) is 21.5. The number of aryl methyl sites for hydroxylation is 1. The van der Waals surface area contributed by atoms with Crippen molar-refractivity contribution < 1.29 is 4.79 Å². The lowest BCUT2D eigenvalue weighted by Crippen LogP contribution is -2.35. The molecular weight excluding hydrogens is 472 g/mol. The second-order valence-electron chi connectivity index (χ2n) is 9.75. The monoisotopic (exact) mass is 502 g/mol. The van der Waals surface area contributed by atoms with Crippen molar-refractivity contribution in [3.63, 3.8) is 0 Å². The Balaban J connectivity index is 1.34. The van der Waals surface area contributed by atoms with Gasteiger partial charge in [-0.05, 0) is 43.2 Å². The van der Waals surface area contributed by atoms with Crippen molar-refractivity contribution in [1.82, 2.24) is 24.6 Å². The number of hydrogen-bond donors (Lipinski definition) is 0. The molecule has 6 rings (SSSR count). The molecule has 1 fully saturated rings. The molecular formula is C31H30N6O. The lowest BCUT2D eigenvalue weighted by molar-refractivity contribution is 0.0767. The van der Waals surface area contributed by atoms with Crippen LogP contribution in [0.1, 0.15) is 33.7 Å². The number of carbonyl (C=O) groups is 1. The molecule has 1 aliphatic rings. The van der Waals surface area contributed by atoms with E-state index in [9.17, 15) is 4.79 Å². The van der Waals surface area contributed by atoms with Crippen molar-refractivity contribution >= 4 is 22.8 Å². The number of aromatic nitrogens is 4. The van der Waals surface area contributed by atoms with Crippen LogP contribution in [0.4, 0.5) is 5.82 Å². The molecule has 0 radical (unpaired) electrons. The fourth-order valence-corrected chi connectivity index (χ4v) is 5.00. The fourth-order valence-electron chi connectivity index (χ4n) is 5.00. The number of carbonyl (C=O) groups excluding carboxylic acids is 1. The molecule has 0 bridgehead atoms. The third-order valence-electron chi connectivity index (χ3n) is 7.04. The predicted octanol–water partition coefficient (Wildman–Crippen LogP) is 5.07. The van der Waals surface area contributed by atoms with E-state index in [-0.39, 0.29) is 5.91 Å². The molecule has 38 heavy (non-hydrogen) atoms. The Morgan fingerprint density at radius 2 is 1.55 bits per heavy atom. The number of benzene rings is 3. The van der Waals surface area contributed by atoms with E-state index in [4.69, 9.17) is 15.1 Å². The molecule has 0 atom stereocenters. The first kappa shape index (κ1) is 23.9. The number of anilines is 1. The van der Waals surface area contributed by atoms with Gasteiger partial charge in [0.2, 0.25) is 0 Å². The minimum absolute atomic E-state index is 0.0846. The van der Waals surface area contributed by atoms with Gasteiger partial charge in [-0.15, -0.1) is 0 Å². The Morgan fingerprint density at radius 3 is 2.32 bits per heavy atom. The summed E-state index contributed by atoms with van der Waals surface area (Å²) in [5, 5.41) is 5.63. The zero-order chi connectivity index (χ0) is 25.9. The molecule has 0 spiro atoms. The average Bonchev–Trinajstić information content (AvgIpc) is 3.22. The summed E-state index contributed by atoms with van der Waals surface area (Å²) in [6.45, 7) is 4.90. The van der Waals surface area contributed by atoms with Gasteiger partial charge in [0.15, 0.2) is 5.65 Å². The van der Waals surface area contributed by atoms with Gasteiger partial charge in [-0.2, -0.15) is 5.10 Å². The second kappa shape index (κ2) is 10.5. The van der Waals surface area contributed by atoms with Gasteiger partial charge in [0, 0.05) is 38.2 Å². The molecule has 1 amide bonds. The Bertz CT molecular complexity index is 1550. The molecule has 3 heterocycles. The van der Waals surface area contributed by atoms with Crippen LogP contribution in [-0.4, -0.2) is 56.7 Å². The van der Waals surface area contributed by atoms with E-state index in [2.05, 4.69) is 17.0 Å². The van der Waals surface area contributed by atoms with Crippen LogP contribution in [0.15, 0.2) is 91.1 Å². The summed E-state index contributed by atoms with van der Waals surface area (Å²) in [5.41, 5.74) is 4.81. The first-order chi connectivity index (χ1) is 18.7. The van der Waals surface area contributed by atoms with E-state index in [1.807, 2.05) is 95.5 Å². The highest BCUT2D eigenvalue weighted by Gasteiger charge is 2.24. The summed E-state index contributed by atoms with van der Waals surface area (Å²) < 4.78 is 1.89. The van der Waals surface area contributed by atoms with E-state index in [0.717, 1.165) is 64.6 Å². The topological polar surface area (TPSA) is 67.2 Å². The van der Waals surface area contributed by atoms with Crippen LogP contribution >= 0.6 is 0 Å². The highest BCUT2D eigenvalue weighted by atomic mass is 16.2. The quantitative estimate of drug-likeness (QED) is 0.336. The standard InChI is InChI=1S/C31H30N6O/c1-23-13-15-25(16-14-23)31(38)36-18-8-17-35(19-20-36)29-27-22-32-37(26-11-6-3-7-12-26)30(27)34-28(33-29)21-24-9-4-2-5-10-24/h2-7,9-16,22H,8,17-21H2,1H3. The van der Waals surface area contributed by atoms with E-state index in [1.54, 1.807) is 0 Å². The molecule has 0 N–H and O–H groups in total. The lowest BCUT2D eigenvalue weighted by atomic mass is 10.1. The van der Waals surface area contributed by atoms with Gasteiger partial charge in [-0.3, -0.25) is 4.79 Å². The van der Waals surface area contributed by atoms with Gasteiger partial charge < -0.3 is 9.80 Å². The molecule has 0 saturated carbocycles. The van der Waals surface area contributed by atoms with Crippen LogP contribution in [0.3, 0.4) is 0 Å². The van der Waals surface area contributed by atoms with Crippen molar-refractivity contribution in [2.75, 3.05) is 31.1 Å². The van der Waals surface area contributed by atoms with E-state index in [1.165, 1.54) is 0 Å². The number of hydrogen-bond acceptors (Lipinski definition) is 5. The van der Waals surface area contributed by atoms with Crippen LogP contribution in [0.5, 0.6) is 0 Å². The van der Waals surface area contributed by atoms with Gasteiger partial charge >= 0.3 is 0 Å². The molecule has 2 aromatic heterocycles. The average molecular weight is 503 g/mol. The summed E-state index contributed by atoms with van der Waals surface area (Å²) in [4.78, 5) is 27.5. The van der Waals surface area contributed by atoms with Gasteiger partial charge in [-0.25, -0.2) is 14.6 Å². The summed E-state index contributed by atoms with van der Waals surface area (Å²) in [6, 6.07) is 28.2. The Morgan fingerprint density at radius 1 is 0.816 bits per heavy atom. The van der Waals surface area contributed by atoms with Crippen LogP contribution in [-0.2, 0) is 6.42 Å². The largest absolute Gasteiger partial charge is 0.354 e. The Kier molecular flexibility index (Phi) is 6.56. The van der Waals surface area contributed by atoms with Crippen LogP contribution in [0.2, 0.25) is 0 Å². The Labute approximate surface area is 222 Å². The SMILES string of the molecule is Cc1ccc(C(=O)N2CCCN(c3nc(Cc4ccccc4)nc4c3cnn4-c3ccccc3)CC2)cc1. The maximum Gasteiger partial charge on any atom is 0.253 e. The molecule has 1 saturated heterocycles. The first-order valence-electron chi connectivity index (χ1n) is 13.1. The van der Waals surface area contributed by atoms with Crippen molar-refractivity contribution in [2.24, 2.45) is 0 Å². The van der Waals surface area contributed by atoms with Gasteiger partial charge in [0.1, 0.15) is 11.6 Å². The number of amides is 1. The molecule has 1 aliphatic heterocycles. The maximum atomic E-state index is 13.2. The predicted molar refractivity (Wildman–Crippen MR) is 150 cm³/mol. The number of para-hydroxylation sites is 1. The Hall–Kier alpha value is -4.52. The van der Waals surface area contributed by atoms with Gasteiger partial charge in [0.05, 0.1) is 17.3 Å². The van der Waals surface area contributed by atoms with E-state index >= 15 is 0 Å². The van der Waals surface area contributed by atoms with Gasteiger partial charge in [-0.1, -0.05) is 66.2 Å². The third kappa shape index (κ3) is 4.87. The lowest BCUT2D eigenvalue weighted by Gasteiger charge is -2.24. The minimum Gasteiger partial charge on any atom is -0.354 e. The molecule has 190 valence electrons. The van der Waals surface area contributed by atoms with Crippen LogP contribution < -0.4 is 4.90 Å². The van der Waals surface area contributed by atoms with E-state index < -0.39 is 0 Å². The summed E-state index contributed by atoms with van der Waals surface area (Å²) in [6.07, 6.45) is 3.36. The molecule has 5 aromatic rings. The van der Waals surface area contributed by atoms with Crippen molar-refractivity contribution in [1.29, 1.82) is 0 Å². The van der Waals surface area contributed by atoms with Crippen molar-refractivity contribution in [3.8, 4) is 5.69 Å². The number of fused-ring (bicyclic) bond motifs is 1. The smallest absolute Gasteiger partial charge is 0.253 e. The number of rotatable bonds is 5. The highest BCUT2D eigenvalue weighted by molar-refractivity contribution is 5.94. The molecule has 7 heteroatoms. The molecule has 3 aromatic carbocycles. The second-order valence-corrected chi connectivity index (χ2v) is 9.75. The van der Waals surface area contributed by atoms with E-state index in [0.29, 0.717) is 19.5 Å². The summed E-state index contributed by atoms with van der Waals surface area (Å²) in [7, 11) is 0. The first-order valence-corrected chi connectivity index (χ1v) is 13.1. The van der Waals surface area contributed by atoms with Crippen LogP contribution in [0.25, 0.3) is 16.7 Å². The number of nitrogens with zero attached hydrogens (tertiary/aromatic N) is 6. The van der Waals surface area contributed by atoms with Crippen molar-refractivity contribution in [3.05, 3.63) is 114 Å². The summed E-state index contributed by atoms with van der Waals surface area (Å²) >= 11 is 0. The zero-order valence-corrected chi connectivity index (χ0v) is 21.5. The molecule has 0 unspecified atom stereocenters.